The highest BCUT2D eigenvalue weighted by Crippen LogP contribution is 2.09. The summed E-state index contributed by atoms with van der Waals surface area (Å²) in [4.78, 5) is 0. The fourth-order valence-electron chi connectivity index (χ4n) is 1.87. The summed E-state index contributed by atoms with van der Waals surface area (Å²) >= 11 is 0. The molecule has 0 aliphatic heterocycles. The summed E-state index contributed by atoms with van der Waals surface area (Å²) in [7, 11) is -3.51. The van der Waals surface area contributed by atoms with Crippen LogP contribution in [0.2, 0.25) is 0 Å². The monoisotopic (exact) mass is 294 g/mol. The molecule has 108 valence electrons. The van der Waals surface area contributed by atoms with Crippen molar-refractivity contribution in [2.75, 3.05) is 12.3 Å². The molecule has 0 atom stereocenters. The second-order valence-electron chi connectivity index (χ2n) is 4.37. The lowest BCUT2D eigenvalue weighted by atomic mass is 10.1. The van der Waals surface area contributed by atoms with Crippen LogP contribution in [-0.4, -0.2) is 24.7 Å². The average molecular weight is 294 g/mol. The van der Waals surface area contributed by atoms with Crippen molar-refractivity contribution in [1.82, 2.24) is 14.5 Å². The summed E-state index contributed by atoms with van der Waals surface area (Å²) < 4.78 is 28.3. The summed E-state index contributed by atoms with van der Waals surface area (Å²) in [6, 6.07) is 8.88. The number of nitrogen functional groups attached to an aromatic ring is 1. The van der Waals surface area contributed by atoms with Crippen LogP contribution in [-0.2, 0) is 23.0 Å². The van der Waals surface area contributed by atoms with E-state index in [4.69, 9.17) is 5.73 Å². The second kappa shape index (κ2) is 6.06. The van der Waals surface area contributed by atoms with Gasteiger partial charge in [0.2, 0.25) is 0 Å². The highest BCUT2D eigenvalue weighted by Gasteiger charge is 2.17. The number of sulfonamides is 1. The molecule has 7 heteroatoms. The van der Waals surface area contributed by atoms with Crippen LogP contribution in [0.15, 0.2) is 41.6 Å². The predicted molar refractivity (Wildman–Crippen MR) is 77.6 cm³/mol. The molecule has 3 N–H and O–H groups in total. The fourth-order valence-corrected chi connectivity index (χ4v) is 3.09. The Morgan fingerprint density at radius 3 is 2.60 bits per heavy atom. The molecular formula is C13H18N4O2S. The van der Waals surface area contributed by atoms with Crippen molar-refractivity contribution in [2.24, 2.45) is 0 Å². The van der Waals surface area contributed by atoms with Crippen LogP contribution in [0.1, 0.15) is 12.5 Å². The standard InChI is InChI=1S/C13H18N4O2S/c1-2-17-13(8-9-15-17)20(18,19)16-10-7-11-3-5-12(14)6-4-11/h3-6,8-9,16H,2,7,10,14H2,1H3. The second-order valence-corrected chi connectivity index (χ2v) is 6.09. The number of nitrogens with two attached hydrogens (primary N) is 1. The Morgan fingerprint density at radius 1 is 1.25 bits per heavy atom. The van der Waals surface area contributed by atoms with Crippen LogP contribution >= 0.6 is 0 Å². The van der Waals surface area contributed by atoms with Gasteiger partial charge in [0.25, 0.3) is 10.0 Å². The number of rotatable bonds is 6. The quantitative estimate of drug-likeness (QED) is 0.778. The van der Waals surface area contributed by atoms with Crippen molar-refractivity contribution >= 4 is 15.7 Å². The number of aromatic nitrogens is 2. The highest BCUT2D eigenvalue weighted by atomic mass is 32.2. The van der Waals surface area contributed by atoms with E-state index in [-0.39, 0.29) is 5.03 Å². The third-order valence-electron chi connectivity index (χ3n) is 2.94. The van der Waals surface area contributed by atoms with Gasteiger partial charge in [0.1, 0.15) is 0 Å². The van der Waals surface area contributed by atoms with Gasteiger partial charge in [-0.3, -0.25) is 4.68 Å². The van der Waals surface area contributed by atoms with Crippen molar-refractivity contribution in [3.05, 3.63) is 42.1 Å². The van der Waals surface area contributed by atoms with E-state index in [0.29, 0.717) is 25.2 Å². The van der Waals surface area contributed by atoms with Gasteiger partial charge in [0, 0.05) is 18.8 Å². The summed E-state index contributed by atoms with van der Waals surface area (Å²) in [5.41, 5.74) is 7.33. The Kier molecular flexibility index (Phi) is 4.41. The zero-order valence-corrected chi connectivity index (χ0v) is 12.1. The molecule has 0 amide bonds. The van der Waals surface area contributed by atoms with Gasteiger partial charge >= 0.3 is 0 Å². The lowest BCUT2D eigenvalue weighted by Gasteiger charge is -2.08. The molecule has 0 saturated heterocycles. The third kappa shape index (κ3) is 3.37. The number of hydrogen-bond acceptors (Lipinski definition) is 4. The van der Waals surface area contributed by atoms with E-state index in [2.05, 4.69) is 9.82 Å². The number of nitrogens with one attached hydrogen (secondary N) is 1. The first-order valence-electron chi connectivity index (χ1n) is 6.39. The molecule has 2 aromatic rings. The van der Waals surface area contributed by atoms with Crippen molar-refractivity contribution in [3.8, 4) is 0 Å². The molecule has 0 aliphatic carbocycles. The topological polar surface area (TPSA) is 90.0 Å². The van der Waals surface area contributed by atoms with Crippen LogP contribution in [0, 0.1) is 0 Å². The Morgan fingerprint density at radius 2 is 1.95 bits per heavy atom. The lowest BCUT2D eigenvalue weighted by molar-refractivity contribution is 0.544. The van der Waals surface area contributed by atoms with E-state index in [0.717, 1.165) is 5.56 Å². The fraction of sp³-hybridized carbons (Fsp3) is 0.308. The zero-order valence-electron chi connectivity index (χ0n) is 11.3. The van der Waals surface area contributed by atoms with E-state index in [1.165, 1.54) is 16.9 Å². The first kappa shape index (κ1) is 14.5. The van der Waals surface area contributed by atoms with Crippen LogP contribution < -0.4 is 10.5 Å². The van der Waals surface area contributed by atoms with Crippen LogP contribution in [0.3, 0.4) is 0 Å². The van der Waals surface area contributed by atoms with Gasteiger partial charge in [0.15, 0.2) is 5.03 Å². The molecule has 0 unspecified atom stereocenters. The maximum atomic E-state index is 12.1. The maximum absolute atomic E-state index is 12.1. The van der Waals surface area contributed by atoms with E-state index in [9.17, 15) is 8.42 Å². The minimum atomic E-state index is -3.51. The van der Waals surface area contributed by atoms with E-state index in [1.54, 1.807) is 12.1 Å². The maximum Gasteiger partial charge on any atom is 0.257 e. The first-order valence-corrected chi connectivity index (χ1v) is 7.87. The Labute approximate surface area is 118 Å². The molecule has 0 spiro atoms. The molecule has 0 radical (unpaired) electrons. The van der Waals surface area contributed by atoms with Crippen LogP contribution in [0.25, 0.3) is 0 Å². The first-order chi connectivity index (χ1) is 9.53. The molecular weight excluding hydrogens is 276 g/mol. The number of benzene rings is 1. The third-order valence-corrected chi connectivity index (χ3v) is 4.42. The molecule has 0 aliphatic rings. The molecule has 1 heterocycles. The van der Waals surface area contributed by atoms with Gasteiger partial charge in [-0.1, -0.05) is 12.1 Å². The number of hydrogen-bond donors (Lipinski definition) is 2. The normalized spacial score (nSPS) is 11.7. The largest absolute Gasteiger partial charge is 0.399 e. The lowest BCUT2D eigenvalue weighted by Crippen LogP contribution is -2.28. The van der Waals surface area contributed by atoms with Crippen molar-refractivity contribution < 1.29 is 8.42 Å². The Balaban J connectivity index is 1.98. The Hall–Kier alpha value is -1.86. The molecule has 20 heavy (non-hydrogen) atoms. The van der Waals surface area contributed by atoms with Crippen molar-refractivity contribution in [3.63, 3.8) is 0 Å². The van der Waals surface area contributed by atoms with Gasteiger partial charge in [-0.25, -0.2) is 13.1 Å². The molecule has 1 aromatic heterocycles. The van der Waals surface area contributed by atoms with Crippen LogP contribution in [0.5, 0.6) is 0 Å². The van der Waals surface area contributed by atoms with E-state index >= 15 is 0 Å². The summed E-state index contributed by atoms with van der Waals surface area (Å²) in [6.07, 6.45) is 2.10. The average Bonchev–Trinajstić information content (AvgIpc) is 2.90. The predicted octanol–water partition coefficient (Wildman–Crippen LogP) is 1.01. The van der Waals surface area contributed by atoms with Gasteiger partial charge in [-0.2, -0.15) is 5.10 Å². The zero-order chi connectivity index (χ0) is 14.6. The summed E-state index contributed by atoms with van der Waals surface area (Å²) in [5.74, 6) is 0. The minimum Gasteiger partial charge on any atom is -0.399 e. The molecule has 6 nitrogen and oxygen atoms in total. The van der Waals surface area contributed by atoms with Crippen molar-refractivity contribution in [2.45, 2.75) is 24.9 Å². The number of anilines is 1. The SMILES string of the molecule is CCn1nccc1S(=O)(=O)NCCc1ccc(N)cc1. The number of nitrogens with zero attached hydrogens (tertiary/aromatic N) is 2. The van der Waals surface area contributed by atoms with Gasteiger partial charge in [-0.05, 0) is 37.1 Å². The molecule has 0 fully saturated rings. The van der Waals surface area contributed by atoms with Crippen LogP contribution in [0.4, 0.5) is 5.69 Å². The summed E-state index contributed by atoms with van der Waals surface area (Å²) in [6.45, 7) is 2.70. The van der Waals surface area contributed by atoms with Gasteiger partial charge < -0.3 is 5.73 Å². The van der Waals surface area contributed by atoms with Crippen molar-refractivity contribution in [1.29, 1.82) is 0 Å². The highest BCUT2D eigenvalue weighted by molar-refractivity contribution is 7.89. The van der Waals surface area contributed by atoms with Gasteiger partial charge in [-0.15, -0.1) is 0 Å². The minimum absolute atomic E-state index is 0.192. The molecule has 0 saturated carbocycles. The Bertz CT molecular complexity index is 662. The van der Waals surface area contributed by atoms with Gasteiger partial charge in [0.05, 0.1) is 6.20 Å². The molecule has 2 rings (SSSR count). The number of aryl methyl sites for hydroxylation is 1. The smallest absolute Gasteiger partial charge is 0.257 e. The van der Waals surface area contributed by atoms with E-state index < -0.39 is 10.0 Å². The van der Waals surface area contributed by atoms with E-state index in [1.807, 2.05) is 19.1 Å². The molecule has 1 aromatic carbocycles. The summed E-state index contributed by atoms with van der Waals surface area (Å²) in [5, 5.41) is 4.15. The molecule has 0 bridgehead atoms.